The van der Waals surface area contributed by atoms with E-state index in [1.54, 1.807) is 11.3 Å². The van der Waals surface area contributed by atoms with Crippen LogP contribution in [0.2, 0.25) is 0 Å². The zero-order valence-electron chi connectivity index (χ0n) is 8.87. The van der Waals surface area contributed by atoms with Crippen LogP contribution in [0.15, 0.2) is 29.6 Å². The van der Waals surface area contributed by atoms with E-state index in [0.717, 1.165) is 15.6 Å². The number of halogens is 1. The van der Waals surface area contributed by atoms with E-state index in [4.69, 9.17) is 11.6 Å². The number of rotatable bonds is 3. The number of benzene rings is 1. The lowest BCUT2D eigenvalue weighted by Crippen LogP contribution is -2.28. The fourth-order valence-corrected chi connectivity index (χ4v) is 2.50. The zero-order valence-corrected chi connectivity index (χ0v) is 10.4. The summed E-state index contributed by atoms with van der Waals surface area (Å²) in [6, 6.07) is 7.89. The van der Waals surface area contributed by atoms with Crippen LogP contribution in [0.3, 0.4) is 0 Å². The highest BCUT2D eigenvalue weighted by Crippen LogP contribution is 2.25. The molecule has 84 valence electrons. The SMILES string of the molecule is CC(Cl)CNC(=O)c1csc2ccccc12. The van der Waals surface area contributed by atoms with E-state index < -0.39 is 0 Å². The van der Waals surface area contributed by atoms with Crippen molar-refractivity contribution in [1.29, 1.82) is 0 Å². The number of hydrogen-bond acceptors (Lipinski definition) is 2. The Morgan fingerprint density at radius 2 is 2.25 bits per heavy atom. The van der Waals surface area contributed by atoms with Crippen molar-refractivity contribution in [2.24, 2.45) is 0 Å². The van der Waals surface area contributed by atoms with Crippen molar-refractivity contribution in [2.45, 2.75) is 12.3 Å². The molecule has 16 heavy (non-hydrogen) atoms. The third-order valence-electron chi connectivity index (χ3n) is 2.27. The molecule has 2 aromatic rings. The maximum absolute atomic E-state index is 11.9. The number of carbonyl (C=O) groups is 1. The molecule has 0 aliphatic carbocycles. The average Bonchev–Trinajstić information content (AvgIpc) is 2.69. The minimum Gasteiger partial charge on any atom is -0.351 e. The lowest BCUT2D eigenvalue weighted by Gasteiger charge is -2.05. The monoisotopic (exact) mass is 253 g/mol. The van der Waals surface area contributed by atoms with Gasteiger partial charge in [0.25, 0.3) is 5.91 Å². The summed E-state index contributed by atoms with van der Waals surface area (Å²) in [5.41, 5.74) is 0.734. The second-order valence-electron chi connectivity index (χ2n) is 3.64. The van der Waals surface area contributed by atoms with Gasteiger partial charge in [0.15, 0.2) is 0 Å². The van der Waals surface area contributed by atoms with Crippen molar-refractivity contribution in [3.63, 3.8) is 0 Å². The van der Waals surface area contributed by atoms with Crippen LogP contribution in [0.4, 0.5) is 0 Å². The van der Waals surface area contributed by atoms with E-state index in [-0.39, 0.29) is 11.3 Å². The van der Waals surface area contributed by atoms with Gasteiger partial charge in [0.2, 0.25) is 0 Å². The van der Waals surface area contributed by atoms with E-state index in [9.17, 15) is 4.79 Å². The molecule has 0 radical (unpaired) electrons. The standard InChI is InChI=1S/C12H12ClNOS/c1-8(13)6-14-12(15)10-7-16-11-5-3-2-4-9(10)11/h2-5,7-8H,6H2,1H3,(H,14,15). The highest BCUT2D eigenvalue weighted by atomic mass is 35.5. The molecule has 0 fully saturated rings. The summed E-state index contributed by atoms with van der Waals surface area (Å²) in [6.45, 7) is 2.35. The summed E-state index contributed by atoms with van der Waals surface area (Å²) in [4.78, 5) is 11.9. The number of amides is 1. The molecule has 2 rings (SSSR count). The van der Waals surface area contributed by atoms with Gasteiger partial charge < -0.3 is 5.32 Å². The molecule has 0 bridgehead atoms. The predicted octanol–water partition coefficient (Wildman–Crippen LogP) is 3.26. The first-order chi connectivity index (χ1) is 7.68. The Kier molecular flexibility index (Phi) is 3.46. The van der Waals surface area contributed by atoms with Crippen LogP contribution in [-0.4, -0.2) is 17.8 Å². The molecule has 0 saturated heterocycles. The highest BCUT2D eigenvalue weighted by molar-refractivity contribution is 7.17. The van der Waals surface area contributed by atoms with Crippen LogP contribution in [0.1, 0.15) is 17.3 Å². The van der Waals surface area contributed by atoms with Crippen LogP contribution >= 0.6 is 22.9 Å². The fourth-order valence-electron chi connectivity index (χ4n) is 1.48. The van der Waals surface area contributed by atoms with Gasteiger partial charge in [-0.1, -0.05) is 18.2 Å². The van der Waals surface area contributed by atoms with Gasteiger partial charge in [0, 0.05) is 27.4 Å². The maximum atomic E-state index is 11.9. The Labute approximate surface area is 103 Å². The van der Waals surface area contributed by atoms with Crippen LogP contribution < -0.4 is 5.32 Å². The molecule has 4 heteroatoms. The van der Waals surface area contributed by atoms with Gasteiger partial charge in [0.05, 0.1) is 5.56 Å². The zero-order chi connectivity index (χ0) is 11.5. The smallest absolute Gasteiger partial charge is 0.252 e. The van der Waals surface area contributed by atoms with E-state index >= 15 is 0 Å². The molecule has 0 aliphatic heterocycles. The minimum atomic E-state index is -0.0510. The van der Waals surface area contributed by atoms with Crippen molar-refractivity contribution in [3.8, 4) is 0 Å². The molecule has 1 atom stereocenters. The summed E-state index contributed by atoms with van der Waals surface area (Å²) in [7, 11) is 0. The van der Waals surface area contributed by atoms with Gasteiger partial charge in [-0.25, -0.2) is 0 Å². The molecule has 0 spiro atoms. The molecule has 1 N–H and O–H groups in total. The van der Waals surface area contributed by atoms with Gasteiger partial charge in [0.1, 0.15) is 0 Å². The van der Waals surface area contributed by atoms with Crippen molar-refractivity contribution in [2.75, 3.05) is 6.54 Å². The van der Waals surface area contributed by atoms with Crippen LogP contribution in [0.25, 0.3) is 10.1 Å². The van der Waals surface area contributed by atoms with Crippen LogP contribution in [-0.2, 0) is 0 Å². The summed E-state index contributed by atoms with van der Waals surface area (Å²) in [5, 5.41) is 5.66. The number of thiophene rings is 1. The Hall–Kier alpha value is -1.06. The molecule has 1 amide bonds. The normalized spacial score (nSPS) is 12.6. The molecule has 1 aromatic heterocycles. The molecule has 0 saturated carbocycles. The first-order valence-electron chi connectivity index (χ1n) is 5.07. The van der Waals surface area contributed by atoms with Crippen LogP contribution in [0.5, 0.6) is 0 Å². The minimum absolute atomic E-state index is 0.0474. The third-order valence-corrected chi connectivity index (χ3v) is 3.39. The molecule has 2 nitrogen and oxygen atoms in total. The Morgan fingerprint density at radius 1 is 1.50 bits per heavy atom. The van der Waals surface area contributed by atoms with Gasteiger partial charge in [-0.05, 0) is 13.0 Å². The molecule has 1 unspecified atom stereocenters. The van der Waals surface area contributed by atoms with E-state index in [0.29, 0.717) is 6.54 Å². The summed E-state index contributed by atoms with van der Waals surface area (Å²) >= 11 is 7.37. The second kappa shape index (κ2) is 4.85. The quantitative estimate of drug-likeness (QED) is 0.836. The predicted molar refractivity (Wildman–Crippen MR) is 69.5 cm³/mol. The topological polar surface area (TPSA) is 29.1 Å². The second-order valence-corrected chi connectivity index (χ2v) is 5.29. The molecular formula is C12H12ClNOS. The first kappa shape index (κ1) is 11.4. The van der Waals surface area contributed by atoms with Gasteiger partial charge in [-0.3, -0.25) is 4.79 Å². The maximum Gasteiger partial charge on any atom is 0.252 e. The number of nitrogens with one attached hydrogen (secondary N) is 1. The first-order valence-corrected chi connectivity index (χ1v) is 6.38. The average molecular weight is 254 g/mol. The molecular weight excluding hydrogens is 242 g/mol. The Balaban J connectivity index is 2.23. The molecule has 1 aromatic carbocycles. The largest absolute Gasteiger partial charge is 0.351 e. The van der Waals surface area contributed by atoms with Crippen molar-refractivity contribution in [3.05, 3.63) is 35.2 Å². The van der Waals surface area contributed by atoms with Gasteiger partial charge in [-0.15, -0.1) is 22.9 Å². The lowest BCUT2D eigenvalue weighted by molar-refractivity contribution is 0.0956. The number of carbonyl (C=O) groups excluding carboxylic acids is 1. The van der Waals surface area contributed by atoms with Crippen molar-refractivity contribution in [1.82, 2.24) is 5.32 Å². The van der Waals surface area contributed by atoms with Crippen LogP contribution in [0, 0.1) is 0 Å². The van der Waals surface area contributed by atoms with E-state index in [2.05, 4.69) is 5.32 Å². The number of alkyl halides is 1. The van der Waals surface area contributed by atoms with E-state index in [1.807, 2.05) is 36.6 Å². The number of hydrogen-bond donors (Lipinski definition) is 1. The molecule has 1 heterocycles. The number of fused-ring (bicyclic) bond motifs is 1. The van der Waals surface area contributed by atoms with E-state index in [1.165, 1.54) is 0 Å². The summed E-state index contributed by atoms with van der Waals surface area (Å²) in [5.74, 6) is -0.0510. The lowest BCUT2D eigenvalue weighted by atomic mass is 10.1. The summed E-state index contributed by atoms with van der Waals surface area (Å²) in [6.07, 6.45) is 0. The highest BCUT2D eigenvalue weighted by Gasteiger charge is 2.11. The third kappa shape index (κ3) is 2.36. The fraction of sp³-hybridized carbons (Fsp3) is 0.250. The van der Waals surface area contributed by atoms with Gasteiger partial charge in [-0.2, -0.15) is 0 Å². The Bertz CT molecular complexity index is 506. The Morgan fingerprint density at radius 3 is 3.00 bits per heavy atom. The van der Waals surface area contributed by atoms with Crippen molar-refractivity contribution >= 4 is 38.9 Å². The summed E-state index contributed by atoms with van der Waals surface area (Å²) < 4.78 is 1.13. The van der Waals surface area contributed by atoms with Crippen molar-refractivity contribution < 1.29 is 4.79 Å². The molecule has 0 aliphatic rings. The van der Waals surface area contributed by atoms with Gasteiger partial charge >= 0.3 is 0 Å².